The Labute approximate surface area is 136 Å². The van der Waals surface area contributed by atoms with Crippen LogP contribution < -0.4 is 5.32 Å². The largest absolute Gasteiger partial charge is 0.293 e. The Morgan fingerprint density at radius 1 is 1.22 bits per heavy atom. The SMILES string of the molecule is C[C@H](C(=O)Nc1ncccn1)N1CCN(S(=O)(=O)N(C)C)CC1. The predicted molar refractivity (Wildman–Crippen MR) is 85.9 cm³/mol. The lowest BCUT2D eigenvalue weighted by molar-refractivity contribution is -0.121. The molecule has 128 valence electrons. The zero-order valence-electron chi connectivity index (χ0n) is 13.5. The first-order chi connectivity index (χ1) is 10.8. The first kappa shape index (κ1) is 17.7. The number of nitrogens with one attached hydrogen (secondary N) is 1. The minimum atomic E-state index is -3.40. The standard InChI is InChI=1S/C13H22N6O3S/c1-11(12(20)16-13-14-5-4-6-15-13)18-7-9-19(10-8-18)23(21,22)17(2)3/h4-6,11H,7-10H2,1-3H3,(H,14,15,16,20)/t11-/m1/s1. The van der Waals surface area contributed by atoms with E-state index in [1.807, 2.05) is 4.90 Å². The Kier molecular flexibility index (Phi) is 5.63. The molecule has 1 saturated heterocycles. The molecule has 0 saturated carbocycles. The molecule has 0 unspecified atom stereocenters. The maximum Gasteiger partial charge on any atom is 0.281 e. The molecule has 23 heavy (non-hydrogen) atoms. The van der Waals surface area contributed by atoms with Crippen molar-refractivity contribution in [3.8, 4) is 0 Å². The van der Waals surface area contributed by atoms with Crippen molar-refractivity contribution in [2.24, 2.45) is 0 Å². The van der Waals surface area contributed by atoms with Gasteiger partial charge in [0.15, 0.2) is 0 Å². The Balaban J connectivity index is 1.91. The van der Waals surface area contributed by atoms with Gasteiger partial charge < -0.3 is 0 Å². The Morgan fingerprint density at radius 2 is 1.78 bits per heavy atom. The topological polar surface area (TPSA) is 98.7 Å². The summed E-state index contributed by atoms with van der Waals surface area (Å²) >= 11 is 0. The first-order valence-electron chi connectivity index (χ1n) is 7.32. The van der Waals surface area contributed by atoms with Crippen LogP contribution in [0.15, 0.2) is 18.5 Å². The summed E-state index contributed by atoms with van der Waals surface area (Å²) in [5.74, 6) is 0.0540. The third kappa shape index (κ3) is 4.22. The van der Waals surface area contributed by atoms with Gasteiger partial charge in [-0.15, -0.1) is 0 Å². The number of carbonyl (C=O) groups excluding carboxylic acids is 1. The fourth-order valence-electron chi connectivity index (χ4n) is 2.30. The number of hydrogen-bond donors (Lipinski definition) is 1. The van der Waals surface area contributed by atoms with Crippen molar-refractivity contribution in [3.63, 3.8) is 0 Å². The highest BCUT2D eigenvalue weighted by Gasteiger charge is 2.31. The fraction of sp³-hybridized carbons (Fsp3) is 0.615. The van der Waals surface area contributed by atoms with Crippen LogP contribution in [0.2, 0.25) is 0 Å². The number of piperazine rings is 1. The van der Waals surface area contributed by atoms with Crippen LogP contribution in [0.1, 0.15) is 6.92 Å². The van der Waals surface area contributed by atoms with E-state index in [4.69, 9.17) is 0 Å². The molecular weight excluding hydrogens is 320 g/mol. The van der Waals surface area contributed by atoms with E-state index >= 15 is 0 Å². The molecule has 1 aliphatic rings. The smallest absolute Gasteiger partial charge is 0.281 e. The molecule has 10 heteroatoms. The van der Waals surface area contributed by atoms with Gasteiger partial charge in [-0.25, -0.2) is 9.97 Å². The van der Waals surface area contributed by atoms with E-state index < -0.39 is 10.2 Å². The van der Waals surface area contributed by atoms with Crippen LogP contribution in [-0.4, -0.2) is 84.1 Å². The molecular formula is C13H22N6O3S. The van der Waals surface area contributed by atoms with Crippen LogP contribution in [-0.2, 0) is 15.0 Å². The van der Waals surface area contributed by atoms with Gasteiger partial charge in [-0.05, 0) is 13.0 Å². The number of amides is 1. The zero-order chi connectivity index (χ0) is 17.0. The van der Waals surface area contributed by atoms with Crippen molar-refractivity contribution < 1.29 is 13.2 Å². The Morgan fingerprint density at radius 3 is 2.30 bits per heavy atom. The second kappa shape index (κ2) is 7.30. The van der Waals surface area contributed by atoms with Gasteiger partial charge in [0.05, 0.1) is 6.04 Å². The van der Waals surface area contributed by atoms with E-state index in [-0.39, 0.29) is 17.9 Å². The summed E-state index contributed by atoms with van der Waals surface area (Å²) in [6.07, 6.45) is 3.11. The highest BCUT2D eigenvalue weighted by Crippen LogP contribution is 2.12. The number of nitrogens with zero attached hydrogens (tertiary/aromatic N) is 5. The maximum atomic E-state index is 12.2. The summed E-state index contributed by atoms with van der Waals surface area (Å²) in [5.41, 5.74) is 0. The summed E-state index contributed by atoms with van der Waals surface area (Å²) in [5, 5.41) is 2.66. The van der Waals surface area contributed by atoms with E-state index in [9.17, 15) is 13.2 Å². The second-order valence-electron chi connectivity index (χ2n) is 5.46. The molecule has 9 nitrogen and oxygen atoms in total. The third-order valence-electron chi connectivity index (χ3n) is 3.79. The second-order valence-corrected chi connectivity index (χ2v) is 7.61. The highest BCUT2D eigenvalue weighted by atomic mass is 32.2. The number of carbonyl (C=O) groups is 1. The lowest BCUT2D eigenvalue weighted by Gasteiger charge is -2.37. The normalized spacial score (nSPS) is 18.8. The quantitative estimate of drug-likeness (QED) is 0.754. The summed E-state index contributed by atoms with van der Waals surface area (Å²) in [7, 11) is -0.375. The van der Waals surface area contributed by atoms with Gasteiger partial charge in [-0.3, -0.25) is 15.0 Å². The maximum absolute atomic E-state index is 12.2. The average molecular weight is 342 g/mol. The molecule has 1 amide bonds. The molecule has 1 aromatic rings. The van der Waals surface area contributed by atoms with Crippen molar-refractivity contribution >= 4 is 22.1 Å². The van der Waals surface area contributed by atoms with Gasteiger partial charge in [0.25, 0.3) is 10.2 Å². The first-order valence-corrected chi connectivity index (χ1v) is 8.71. The van der Waals surface area contributed by atoms with Crippen LogP contribution in [0.4, 0.5) is 5.95 Å². The molecule has 2 rings (SSSR count). The van der Waals surface area contributed by atoms with Gasteiger partial charge in [0.1, 0.15) is 0 Å². The third-order valence-corrected chi connectivity index (χ3v) is 5.73. The molecule has 1 aromatic heterocycles. The van der Waals surface area contributed by atoms with Gasteiger partial charge in [0, 0.05) is 52.7 Å². The average Bonchev–Trinajstić information content (AvgIpc) is 2.55. The minimum Gasteiger partial charge on any atom is -0.293 e. The van der Waals surface area contributed by atoms with Crippen molar-refractivity contribution in [1.82, 2.24) is 23.5 Å². The van der Waals surface area contributed by atoms with Gasteiger partial charge >= 0.3 is 0 Å². The molecule has 0 spiro atoms. The molecule has 1 aliphatic heterocycles. The monoisotopic (exact) mass is 342 g/mol. The number of hydrogen-bond acceptors (Lipinski definition) is 6. The highest BCUT2D eigenvalue weighted by molar-refractivity contribution is 7.86. The molecule has 0 bridgehead atoms. The van der Waals surface area contributed by atoms with Crippen molar-refractivity contribution in [2.75, 3.05) is 45.6 Å². The molecule has 2 heterocycles. The Bertz CT molecular complexity index is 628. The van der Waals surface area contributed by atoms with Crippen molar-refractivity contribution in [2.45, 2.75) is 13.0 Å². The Hall–Kier alpha value is -1.62. The van der Waals surface area contributed by atoms with E-state index in [1.54, 1.807) is 25.4 Å². The van der Waals surface area contributed by atoms with Crippen LogP contribution >= 0.6 is 0 Å². The summed E-state index contributed by atoms with van der Waals surface area (Å²) in [6.45, 7) is 3.50. The van der Waals surface area contributed by atoms with E-state index in [1.165, 1.54) is 22.7 Å². The zero-order valence-corrected chi connectivity index (χ0v) is 14.3. The number of rotatable bonds is 5. The lowest BCUT2D eigenvalue weighted by Crippen LogP contribution is -2.55. The predicted octanol–water partition coefficient (Wildman–Crippen LogP) is -0.772. The molecule has 1 fully saturated rings. The summed E-state index contributed by atoms with van der Waals surface area (Å²) < 4.78 is 26.8. The fourth-order valence-corrected chi connectivity index (χ4v) is 3.38. The van der Waals surface area contributed by atoms with Crippen molar-refractivity contribution in [1.29, 1.82) is 0 Å². The molecule has 0 aliphatic carbocycles. The molecule has 0 aromatic carbocycles. The van der Waals surface area contributed by atoms with Crippen LogP contribution in [0.25, 0.3) is 0 Å². The number of aromatic nitrogens is 2. The number of anilines is 1. The van der Waals surface area contributed by atoms with Gasteiger partial charge in [0.2, 0.25) is 11.9 Å². The van der Waals surface area contributed by atoms with Crippen LogP contribution in [0, 0.1) is 0 Å². The van der Waals surface area contributed by atoms with Gasteiger partial charge in [-0.1, -0.05) is 0 Å². The molecule has 0 radical (unpaired) electrons. The summed E-state index contributed by atoms with van der Waals surface area (Å²) in [4.78, 5) is 22.1. The van der Waals surface area contributed by atoms with Gasteiger partial charge in [-0.2, -0.15) is 17.0 Å². The minimum absolute atomic E-state index is 0.208. The molecule has 1 atom stereocenters. The van der Waals surface area contributed by atoms with E-state index in [0.29, 0.717) is 26.2 Å². The lowest BCUT2D eigenvalue weighted by atomic mass is 10.2. The van der Waals surface area contributed by atoms with Crippen LogP contribution in [0.3, 0.4) is 0 Å². The van der Waals surface area contributed by atoms with E-state index in [2.05, 4.69) is 15.3 Å². The molecule has 1 N–H and O–H groups in total. The summed E-state index contributed by atoms with van der Waals surface area (Å²) in [6, 6.07) is 1.28. The van der Waals surface area contributed by atoms with E-state index in [0.717, 1.165) is 0 Å². The van der Waals surface area contributed by atoms with Crippen LogP contribution in [0.5, 0.6) is 0 Å². The van der Waals surface area contributed by atoms with Crippen molar-refractivity contribution in [3.05, 3.63) is 18.5 Å².